The van der Waals surface area contributed by atoms with E-state index in [0.717, 1.165) is 11.1 Å². The SMILES string of the molecule is COC(=O)CC[C@H](Cc1ccc2c(c1)OCO2)[C@@H](Cc1ccc2c(c1)OCO2)C(=O)OC. The van der Waals surface area contributed by atoms with E-state index in [2.05, 4.69) is 0 Å². The molecule has 0 fully saturated rings. The van der Waals surface area contributed by atoms with Crippen LogP contribution in [0.3, 0.4) is 0 Å². The van der Waals surface area contributed by atoms with Gasteiger partial charge in [0.2, 0.25) is 13.6 Å². The summed E-state index contributed by atoms with van der Waals surface area (Å²) in [5.74, 6) is 1.47. The quantitative estimate of drug-likeness (QED) is 0.547. The highest BCUT2D eigenvalue weighted by Crippen LogP contribution is 2.37. The van der Waals surface area contributed by atoms with Crippen LogP contribution in [-0.4, -0.2) is 39.7 Å². The van der Waals surface area contributed by atoms with Gasteiger partial charge in [0.05, 0.1) is 20.1 Å². The lowest BCUT2D eigenvalue weighted by atomic mass is 9.80. The van der Waals surface area contributed by atoms with Crippen molar-refractivity contribution in [1.29, 1.82) is 0 Å². The van der Waals surface area contributed by atoms with Crippen molar-refractivity contribution < 1.29 is 38.0 Å². The Morgan fingerprint density at radius 1 is 0.812 bits per heavy atom. The molecule has 0 aromatic heterocycles. The van der Waals surface area contributed by atoms with Crippen LogP contribution in [0.15, 0.2) is 36.4 Å². The van der Waals surface area contributed by atoms with E-state index in [1.165, 1.54) is 14.2 Å². The van der Waals surface area contributed by atoms with E-state index in [4.69, 9.17) is 28.4 Å². The molecule has 32 heavy (non-hydrogen) atoms. The molecule has 2 aliphatic rings. The Morgan fingerprint density at radius 2 is 1.38 bits per heavy atom. The number of hydrogen-bond acceptors (Lipinski definition) is 8. The summed E-state index contributed by atoms with van der Waals surface area (Å²) in [5, 5.41) is 0. The van der Waals surface area contributed by atoms with Crippen molar-refractivity contribution in [2.24, 2.45) is 11.8 Å². The number of esters is 2. The minimum absolute atomic E-state index is 0.160. The average Bonchev–Trinajstić information content (AvgIpc) is 3.48. The fourth-order valence-corrected chi connectivity index (χ4v) is 4.14. The molecular weight excluding hydrogens is 416 g/mol. The van der Waals surface area contributed by atoms with Gasteiger partial charge in [-0.2, -0.15) is 0 Å². The monoisotopic (exact) mass is 442 g/mol. The fraction of sp³-hybridized carbons (Fsp3) is 0.417. The molecule has 0 radical (unpaired) electrons. The van der Waals surface area contributed by atoms with Gasteiger partial charge in [0.15, 0.2) is 23.0 Å². The molecule has 2 heterocycles. The topological polar surface area (TPSA) is 89.5 Å². The normalized spacial score (nSPS) is 15.2. The van der Waals surface area contributed by atoms with Crippen LogP contribution in [-0.2, 0) is 31.9 Å². The maximum Gasteiger partial charge on any atom is 0.309 e. The van der Waals surface area contributed by atoms with E-state index in [0.29, 0.717) is 42.3 Å². The van der Waals surface area contributed by atoms with Crippen LogP contribution in [0.1, 0.15) is 24.0 Å². The Morgan fingerprint density at radius 3 is 1.94 bits per heavy atom. The number of benzene rings is 2. The maximum atomic E-state index is 12.8. The molecule has 2 aromatic rings. The molecule has 2 aliphatic heterocycles. The van der Waals surface area contributed by atoms with Crippen molar-refractivity contribution in [2.45, 2.75) is 25.7 Å². The smallest absolute Gasteiger partial charge is 0.309 e. The third kappa shape index (κ3) is 4.90. The van der Waals surface area contributed by atoms with Gasteiger partial charge in [-0.3, -0.25) is 9.59 Å². The van der Waals surface area contributed by atoms with Crippen LogP contribution in [0.4, 0.5) is 0 Å². The summed E-state index contributed by atoms with van der Waals surface area (Å²) in [7, 11) is 2.74. The number of carbonyl (C=O) groups is 2. The molecule has 8 heteroatoms. The van der Waals surface area contributed by atoms with E-state index in [9.17, 15) is 9.59 Å². The predicted octanol–water partition coefficient (Wildman–Crippen LogP) is 3.29. The zero-order valence-electron chi connectivity index (χ0n) is 18.1. The number of carbonyl (C=O) groups excluding carboxylic acids is 2. The molecule has 0 unspecified atom stereocenters. The first-order chi connectivity index (χ1) is 15.6. The fourth-order valence-electron chi connectivity index (χ4n) is 4.14. The second kappa shape index (κ2) is 9.80. The molecular formula is C24H26O8. The van der Waals surface area contributed by atoms with Gasteiger partial charge in [-0.1, -0.05) is 12.1 Å². The standard InChI is InChI=1S/C24H26O8/c1-27-23(25)8-5-17(9-15-3-6-19-21(11-15)31-13-29-19)18(24(26)28-2)10-16-4-7-20-22(12-16)32-14-30-20/h3-4,6-7,11-12,17-18H,5,8-10,13-14H2,1-2H3/t17-,18-/m1/s1. The van der Waals surface area contributed by atoms with E-state index >= 15 is 0 Å². The van der Waals surface area contributed by atoms with Crippen molar-refractivity contribution in [3.05, 3.63) is 47.5 Å². The maximum absolute atomic E-state index is 12.8. The molecule has 0 amide bonds. The van der Waals surface area contributed by atoms with Gasteiger partial charge in [0, 0.05) is 6.42 Å². The van der Waals surface area contributed by atoms with Crippen molar-refractivity contribution in [3.63, 3.8) is 0 Å². The van der Waals surface area contributed by atoms with E-state index in [1.54, 1.807) is 0 Å². The second-order valence-electron chi connectivity index (χ2n) is 7.79. The largest absolute Gasteiger partial charge is 0.469 e. The molecule has 2 atom stereocenters. The van der Waals surface area contributed by atoms with Crippen LogP contribution in [0.25, 0.3) is 0 Å². The zero-order chi connectivity index (χ0) is 22.5. The minimum atomic E-state index is -0.463. The lowest BCUT2D eigenvalue weighted by molar-refractivity contribution is -0.148. The summed E-state index contributed by atoms with van der Waals surface area (Å²) in [6.07, 6.45) is 1.70. The molecule has 4 rings (SSSR count). The van der Waals surface area contributed by atoms with Crippen molar-refractivity contribution in [1.82, 2.24) is 0 Å². The Balaban J connectivity index is 1.58. The van der Waals surface area contributed by atoms with Crippen LogP contribution >= 0.6 is 0 Å². The van der Waals surface area contributed by atoms with Gasteiger partial charge in [-0.05, 0) is 60.6 Å². The molecule has 0 N–H and O–H groups in total. The van der Waals surface area contributed by atoms with Gasteiger partial charge in [0.25, 0.3) is 0 Å². The second-order valence-corrected chi connectivity index (χ2v) is 7.79. The minimum Gasteiger partial charge on any atom is -0.469 e. The highest BCUT2D eigenvalue weighted by molar-refractivity contribution is 5.73. The molecule has 170 valence electrons. The van der Waals surface area contributed by atoms with Crippen LogP contribution in [0.5, 0.6) is 23.0 Å². The number of rotatable bonds is 9. The summed E-state index contributed by atoms with van der Waals surface area (Å²) in [6.45, 7) is 0.380. The Labute approximate surface area is 186 Å². The number of hydrogen-bond donors (Lipinski definition) is 0. The summed E-state index contributed by atoms with van der Waals surface area (Å²) in [6, 6.07) is 11.4. The molecule has 0 spiro atoms. The first-order valence-electron chi connectivity index (χ1n) is 10.5. The zero-order valence-corrected chi connectivity index (χ0v) is 18.1. The number of ether oxygens (including phenoxy) is 6. The Hall–Kier alpha value is -3.42. The average molecular weight is 442 g/mol. The van der Waals surface area contributed by atoms with Gasteiger partial charge in [-0.25, -0.2) is 0 Å². The molecule has 2 aromatic carbocycles. The Kier molecular flexibility index (Phi) is 6.68. The van der Waals surface area contributed by atoms with Crippen LogP contribution in [0.2, 0.25) is 0 Å². The number of methoxy groups -OCH3 is 2. The predicted molar refractivity (Wildman–Crippen MR) is 113 cm³/mol. The van der Waals surface area contributed by atoms with Gasteiger partial charge >= 0.3 is 11.9 Å². The van der Waals surface area contributed by atoms with Crippen LogP contribution < -0.4 is 18.9 Å². The third-order valence-corrected chi connectivity index (χ3v) is 5.85. The molecule has 0 saturated heterocycles. The summed E-state index contributed by atoms with van der Waals surface area (Å²) in [4.78, 5) is 24.7. The number of fused-ring (bicyclic) bond motifs is 2. The van der Waals surface area contributed by atoms with Crippen molar-refractivity contribution in [3.8, 4) is 23.0 Å². The van der Waals surface area contributed by atoms with Gasteiger partial charge in [0.1, 0.15) is 0 Å². The molecule has 0 bridgehead atoms. The summed E-state index contributed by atoms with van der Waals surface area (Å²) in [5.41, 5.74) is 1.92. The van der Waals surface area contributed by atoms with Crippen molar-refractivity contribution in [2.75, 3.05) is 27.8 Å². The molecule has 0 saturated carbocycles. The lowest BCUT2D eigenvalue weighted by Gasteiger charge is -2.25. The highest BCUT2D eigenvalue weighted by Gasteiger charge is 2.31. The van der Waals surface area contributed by atoms with E-state index in [-0.39, 0.29) is 37.9 Å². The molecule has 8 nitrogen and oxygen atoms in total. The first-order valence-corrected chi connectivity index (χ1v) is 10.5. The van der Waals surface area contributed by atoms with E-state index < -0.39 is 5.92 Å². The highest BCUT2D eigenvalue weighted by atomic mass is 16.7. The van der Waals surface area contributed by atoms with Crippen LogP contribution in [0, 0.1) is 11.8 Å². The van der Waals surface area contributed by atoms with Gasteiger partial charge < -0.3 is 28.4 Å². The van der Waals surface area contributed by atoms with Gasteiger partial charge in [-0.15, -0.1) is 0 Å². The lowest BCUT2D eigenvalue weighted by Crippen LogP contribution is -2.29. The third-order valence-electron chi connectivity index (χ3n) is 5.85. The van der Waals surface area contributed by atoms with Crippen molar-refractivity contribution >= 4 is 11.9 Å². The Bertz CT molecular complexity index is 986. The summed E-state index contributed by atoms with van der Waals surface area (Å²) < 4.78 is 31.7. The first kappa shape index (κ1) is 21.8. The van der Waals surface area contributed by atoms with E-state index in [1.807, 2.05) is 36.4 Å². The molecule has 0 aliphatic carbocycles. The summed E-state index contributed by atoms with van der Waals surface area (Å²) >= 11 is 0.